The zero-order chi connectivity index (χ0) is 34.6. The summed E-state index contributed by atoms with van der Waals surface area (Å²) in [5.41, 5.74) is 12.3. The van der Waals surface area contributed by atoms with E-state index in [9.17, 15) is 0 Å². The molecule has 1 aromatic heterocycles. The van der Waals surface area contributed by atoms with E-state index >= 15 is 0 Å². The first kappa shape index (κ1) is 30.3. The fraction of sp³-hybridized carbons (Fsp3) is 0.0600. The number of fused-ring (bicyclic) bond motifs is 9. The predicted molar refractivity (Wildman–Crippen MR) is 221 cm³/mol. The largest absolute Gasteiger partial charge is 0.456 e. The number of nitrogens with zero attached hydrogens (tertiary/aromatic N) is 1. The van der Waals surface area contributed by atoms with Gasteiger partial charge in [0.15, 0.2) is 0 Å². The van der Waals surface area contributed by atoms with Crippen molar-refractivity contribution in [3.05, 3.63) is 192 Å². The van der Waals surface area contributed by atoms with E-state index in [2.05, 4.69) is 165 Å². The van der Waals surface area contributed by atoms with Crippen molar-refractivity contribution in [1.82, 2.24) is 0 Å². The van der Waals surface area contributed by atoms with Crippen LogP contribution in [0.1, 0.15) is 36.5 Å². The molecule has 0 spiro atoms. The van der Waals surface area contributed by atoms with Crippen LogP contribution in [0.5, 0.6) is 0 Å². The van der Waals surface area contributed by atoms with Gasteiger partial charge >= 0.3 is 0 Å². The molecule has 1 aliphatic heterocycles. The van der Waals surface area contributed by atoms with E-state index in [1.165, 1.54) is 54.6 Å². The fourth-order valence-electron chi connectivity index (χ4n) is 8.16. The van der Waals surface area contributed by atoms with E-state index in [4.69, 9.17) is 9.41 Å². The minimum atomic E-state index is 0.905. The number of hydrogen-bond donors (Lipinski definition) is 0. The summed E-state index contributed by atoms with van der Waals surface area (Å²) in [6.07, 6.45) is 4.18. The van der Waals surface area contributed by atoms with Gasteiger partial charge in [-0.25, -0.2) is 4.99 Å². The maximum atomic E-state index is 6.37. The van der Waals surface area contributed by atoms with Crippen molar-refractivity contribution < 1.29 is 4.42 Å². The highest BCUT2D eigenvalue weighted by atomic mass is 16.3. The highest BCUT2D eigenvalue weighted by Gasteiger charge is 2.18. The molecule has 8 aromatic carbocycles. The fourth-order valence-corrected chi connectivity index (χ4v) is 8.16. The smallest absolute Gasteiger partial charge is 0.136 e. The molecular formula is C50H35NO. The van der Waals surface area contributed by atoms with Gasteiger partial charge in [-0.3, -0.25) is 0 Å². The third kappa shape index (κ3) is 5.07. The molecule has 52 heavy (non-hydrogen) atoms. The van der Waals surface area contributed by atoms with Gasteiger partial charge in [0, 0.05) is 21.9 Å². The van der Waals surface area contributed by atoms with Crippen molar-refractivity contribution in [2.75, 3.05) is 0 Å². The molecule has 1 aliphatic rings. The molecule has 0 saturated carbocycles. The quantitative estimate of drug-likeness (QED) is 0.172. The molecule has 2 heterocycles. The second kappa shape index (κ2) is 12.4. The van der Waals surface area contributed by atoms with Gasteiger partial charge in [-0.2, -0.15) is 0 Å². The van der Waals surface area contributed by atoms with Gasteiger partial charge in [0.1, 0.15) is 11.2 Å². The van der Waals surface area contributed by atoms with E-state index < -0.39 is 0 Å². The summed E-state index contributed by atoms with van der Waals surface area (Å²) < 4.78 is 6.37. The Bertz CT molecular complexity index is 2940. The molecule has 0 radical (unpaired) electrons. The molecule has 2 nitrogen and oxygen atoms in total. The Hall–Kier alpha value is -6.51. The van der Waals surface area contributed by atoms with Crippen LogP contribution in [0.25, 0.3) is 76.7 Å². The van der Waals surface area contributed by atoms with Crippen LogP contribution in [0.2, 0.25) is 0 Å². The Labute approximate surface area is 302 Å². The summed E-state index contributed by atoms with van der Waals surface area (Å²) in [5.74, 6) is 0. The lowest BCUT2D eigenvalue weighted by Gasteiger charge is -2.19. The van der Waals surface area contributed by atoms with E-state index in [0.29, 0.717) is 0 Å². The second-order valence-corrected chi connectivity index (χ2v) is 13.9. The summed E-state index contributed by atoms with van der Waals surface area (Å²) in [4.78, 5) is 5.53. The molecule has 0 unspecified atom stereocenters. The number of para-hydroxylation sites is 1. The molecule has 0 N–H and O–H groups in total. The van der Waals surface area contributed by atoms with Gasteiger partial charge in [-0.05, 0) is 110 Å². The highest BCUT2D eigenvalue weighted by molar-refractivity contribution is 6.29. The Balaban J connectivity index is 1.22. The predicted octanol–water partition coefficient (Wildman–Crippen LogP) is 13.8. The topological polar surface area (TPSA) is 25.5 Å². The van der Waals surface area contributed by atoms with Crippen LogP contribution in [0.3, 0.4) is 0 Å². The van der Waals surface area contributed by atoms with E-state index in [1.807, 2.05) is 12.1 Å². The van der Waals surface area contributed by atoms with Gasteiger partial charge < -0.3 is 4.42 Å². The Kier molecular flexibility index (Phi) is 7.21. The monoisotopic (exact) mass is 665 g/mol. The van der Waals surface area contributed by atoms with Crippen LogP contribution in [0, 0.1) is 0 Å². The van der Waals surface area contributed by atoms with Crippen molar-refractivity contribution in [1.29, 1.82) is 0 Å². The Morgan fingerprint density at radius 2 is 1.06 bits per heavy atom. The molecule has 0 aliphatic carbocycles. The minimum Gasteiger partial charge on any atom is -0.456 e. The molecule has 0 bridgehead atoms. The third-order valence-electron chi connectivity index (χ3n) is 10.8. The van der Waals surface area contributed by atoms with Crippen molar-refractivity contribution in [2.45, 2.75) is 19.8 Å². The number of aliphatic imine (C=N–C) groups is 1. The first-order valence-electron chi connectivity index (χ1n) is 18.1. The molecule has 246 valence electrons. The normalized spacial score (nSPS) is 17.2. The van der Waals surface area contributed by atoms with Gasteiger partial charge in [0.2, 0.25) is 0 Å². The molecule has 2 heteroatoms. The molecule has 0 amide bonds. The summed E-state index contributed by atoms with van der Waals surface area (Å²) in [5, 5.41) is 9.76. The van der Waals surface area contributed by atoms with Gasteiger partial charge in [-0.1, -0.05) is 140 Å². The van der Waals surface area contributed by atoms with Crippen LogP contribution < -0.4 is 0 Å². The lowest BCUT2D eigenvalue weighted by molar-refractivity contribution is 0.669. The van der Waals surface area contributed by atoms with E-state index in [-0.39, 0.29) is 0 Å². The average Bonchev–Trinajstić information content (AvgIpc) is 3.58. The van der Waals surface area contributed by atoms with Crippen LogP contribution in [-0.2, 0) is 0 Å². The molecular weight excluding hydrogens is 631 g/mol. The van der Waals surface area contributed by atoms with E-state index in [1.54, 1.807) is 0 Å². The minimum absolute atomic E-state index is 0.905. The zero-order valence-electron chi connectivity index (χ0n) is 28.9. The van der Waals surface area contributed by atoms with Gasteiger partial charge in [0.25, 0.3) is 0 Å². The summed E-state index contributed by atoms with van der Waals surface area (Å²) >= 11 is 0. The molecule has 10 rings (SSSR count). The molecule has 0 fully saturated rings. The van der Waals surface area contributed by atoms with Crippen molar-refractivity contribution in [3.63, 3.8) is 0 Å². The molecule has 0 atom stereocenters. The average molecular weight is 666 g/mol. The first-order valence-corrected chi connectivity index (χ1v) is 18.1. The van der Waals surface area contributed by atoms with Crippen LogP contribution in [-0.4, -0.2) is 5.71 Å². The maximum absolute atomic E-state index is 6.37. The summed E-state index contributed by atoms with van der Waals surface area (Å²) in [7, 11) is 0. The van der Waals surface area contributed by atoms with Crippen LogP contribution >= 0.6 is 0 Å². The second-order valence-electron chi connectivity index (χ2n) is 13.9. The SMILES string of the molecule is C\C1=C(c2ccc3c4ccccc4c4cccc(-c5ccc6c(c5)oc5ccccc56)c4c3c2)/N=C(c2ccccc2)\C=C(\c2ccccc2)CC1. The number of furan rings is 1. The maximum Gasteiger partial charge on any atom is 0.136 e. The van der Waals surface area contributed by atoms with Gasteiger partial charge in [-0.15, -0.1) is 0 Å². The standard InChI is InChI=1S/C50H35NO/c1-32-23-24-35(33-13-4-2-5-14-33)30-46(34-15-6-3-7-16-34)51-50(32)37-26-27-41-39-17-8-9-18-40(39)44-21-12-20-38(49(44)45(41)29-37)36-25-28-43-42-19-10-11-22-47(42)52-48(43)31-36/h2-22,25-31H,23-24H2,1H3/b35-30+,50-32+,51-46+. The summed E-state index contributed by atoms with van der Waals surface area (Å²) in [6.45, 7) is 2.26. The summed E-state index contributed by atoms with van der Waals surface area (Å²) in [6, 6.07) is 58.8. The van der Waals surface area contributed by atoms with Crippen LogP contribution in [0.15, 0.2) is 185 Å². The zero-order valence-corrected chi connectivity index (χ0v) is 28.9. The number of benzene rings is 8. The van der Waals surface area contributed by atoms with Crippen LogP contribution in [0.4, 0.5) is 0 Å². The first-order chi connectivity index (χ1) is 25.7. The Morgan fingerprint density at radius 3 is 1.87 bits per heavy atom. The third-order valence-corrected chi connectivity index (χ3v) is 10.8. The van der Waals surface area contributed by atoms with E-state index in [0.717, 1.165) is 62.9 Å². The van der Waals surface area contributed by atoms with Crippen molar-refractivity contribution >= 4 is 71.2 Å². The highest BCUT2D eigenvalue weighted by Crippen LogP contribution is 2.43. The van der Waals surface area contributed by atoms with Crippen molar-refractivity contribution in [2.24, 2.45) is 4.99 Å². The lowest BCUT2D eigenvalue weighted by Crippen LogP contribution is -2.04. The lowest BCUT2D eigenvalue weighted by atomic mass is 9.87. The molecule has 0 saturated heterocycles. The van der Waals surface area contributed by atoms with Crippen molar-refractivity contribution in [3.8, 4) is 11.1 Å². The Morgan fingerprint density at radius 1 is 0.442 bits per heavy atom. The number of allylic oxidation sites excluding steroid dienone is 3. The molecule has 9 aromatic rings. The number of rotatable bonds is 4. The van der Waals surface area contributed by atoms with Gasteiger partial charge in [0.05, 0.1) is 11.4 Å². The number of hydrogen-bond acceptors (Lipinski definition) is 2.